The van der Waals surface area contributed by atoms with Gasteiger partial charge in [-0.05, 0) is 42.9 Å². The van der Waals surface area contributed by atoms with Crippen LogP contribution in [0.25, 0.3) is 22.3 Å². The topological polar surface area (TPSA) is 142 Å². The average molecular weight is 648 g/mol. The number of nitrogens with zero attached hydrogens (tertiary/aromatic N) is 4. The van der Waals surface area contributed by atoms with E-state index < -0.39 is 29.2 Å². The van der Waals surface area contributed by atoms with Gasteiger partial charge in [-0.2, -0.15) is 16.9 Å². The number of hydrogen-bond acceptors (Lipinski definition) is 7. The lowest BCUT2D eigenvalue weighted by molar-refractivity contribution is -0.129. The summed E-state index contributed by atoms with van der Waals surface area (Å²) in [4.78, 5) is 62.5. The number of para-hydroxylation sites is 1. The Morgan fingerprint density at radius 3 is 2.57 bits per heavy atom. The highest BCUT2D eigenvalue weighted by Crippen LogP contribution is 2.25. The fourth-order valence-electron chi connectivity index (χ4n) is 5.49. The number of pyridine rings is 1. The van der Waals surface area contributed by atoms with Crippen molar-refractivity contribution in [1.29, 1.82) is 0 Å². The first-order valence-electron chi connectivity index (χ1n) is 15.4. The number of carbonyl (C=O) groups is 3. The zero-order valence-corrected chi connectivity index (χ0v) is 26.9. The third-order valence-corrected chi connectivity index (χ3v) is 8.63. The minimum absolute atomic E-state index is 0.0438. The molecule has 1 aliphatic rings. The minimum atomic E-state index is -0.746. The van der Waals surface area contributed by atoms with Crippen LogP contribution >= 0.6 is 11.8 Å². The summed E-state index contributed by atoms with van der Waals surface area (Å²) < 4.78 is 16.3. The van der Waals surface area contributed by atoms with E-state index in [1.54, 1.807) is 16.4 Å². The fraction of sp³-hybridized carbons (Fsp3) is 0.394. The summed E-state index contributed by atoms with van der Waals surface area (Å²) in [5, 5.41) is 10.9. The molecule has 11 nitrogen and oxygen atoms in total. The van der Waals surface area contributed by atoms with Gasteiger partial charge in [0.15, 0.2) is 17.1 Å². The number of halogens is 1. The van der Waals surface area contributed by atoms with Crippen molar-refractivity contribution in [1.82, 2.24) is 35.3 Å². The second kappa shape index (κ2) is 14.7. The van der Waals surface area contributed by atoms with Crippen LogP contribution < -0.4 is 16.1 Å². The number of nitrogens with one attached hydrogen (secondary N) is 3. The van der Waals surface area contributed by atoms with Crippen molar-refractivity contribution in [2.45, 2.75) is 51.7 Å². The number of thioether (sulfide) groups is 1. The molecule has 3 N–H and O–H groups in total. The predicted molar refractivity (Wildman–Crippen MR) is 176 cm³/mol. The fourth-order valence-corrected chi connectivity index (χ4v) is 5.97. The van der Waals surface area contributed by atoms with Crippen LogP contribution in [0.15, 0.2) is 59.4 Å². The minimum Gasteiger partial charge on any atom is -0.348 e. The Labute approximate surface area is 270 Å². The van der Waals surface area contributed by atoms with Gasteiger partial charge in [0, 0.05) is 36.5 Å². The molecular weight excluding hydrogens is 609 g/mol. The number of benzene rings is 2. The third-order valence-electron chi connectivity index (χ3n) is 7.98. The van der Waals surface area contributed by atoms with Gasteiger partial charge in [-0.15, -0.1) is 0 Å². The number of rotatable bonds is 6. The molecule has 3 amide bonds. The summed E-state index contributed by atoms with van der Waals surface area (Å²) >= 11 is 1.58. The molecule has 4 aromatic rings. The van der Waals surface area contributed by atoms with E-state index in [0.29, 0.717) is 30.2 Å². The van der Waals surface area contributed by atoms with Gasteiger partial charge in [0.05, 0.1) is 18.1 Å². The summed E-state index contributed by atoms with van der Waals surface area (Å²) in [5.74, 6) is -0.170. The molecule has 46 heavy (non-hydrogen) atoms. The molecule has 1 aliphatic heterocycles. The van der Waals surface area contributed by atoms with Crippen molar-refractivity contribution in [3.8, 4) is 11.4 Å². The Balaban J connectivity index is 1.54. The summed E-state index contributed by atoms with van der Waals surface area (Å²) in [6, 6.07) is 13.5. The van der Waals surface area contributed by atoms with Gasteiger partial charge in [0.25, 0.3) is 5.91 Å². The molecule has 3 heterocycles. The molecule has 0 spiro atoms. The predicted octanol–water partition coefficient (Wildman–Crippen LogP) is 3.91. The summed E-state index contributed by atoms with van der Waals surface area (Å²) in [7, 11) is 0. The van der Waals surface area contributed by atoms with E-state index in [2.05, 4.69) is 15.6 Å². The second-order valence-corrected chi connectivity index (χ2v) is 12.6. The molecule has 0 saturated heterocycles. The van der Waals surface area contributed by atoms with Crippen LogP contribution in [-0.4, -0.2) is 73.5 Å². The molecule has 0 radical (unpaired) electrons. The van der Waals surface area contributed by atoms with E-state index in [9.17, 15) is 23.6 Å². The van der Waals surface area contributed by atoms with Crippen molar-refractivity contribution in [3.63, 3.8) is 0 Å². The van der Waals surface area contributed by atoms with Crippen LogP contribution in [0.4, 0.5) is 4.39 Å². The van der Waals surface area contributed by atoms with Crippen LogP contribution in [0, 0.1) is 11.7 Å². The number of hydrogen-bond donors (Lipinski definition) is 3. The van der Waals surface area contributed by atoms with Crippen molar-refractivity contribution in [2.24, 2.45) is 5.92 Å². The Morgan fingerprint density at radius 2 is 1.83 bits per heavy atom. The maximum atomic E-state index is 14.6. The maximum absolute atomic E-state index is 14.6. The van der Waals surface area contributed by atoms with Crippen molar-refractivity contribution >= 4 is 40.4 Å². The Hall–Kier alpha value is -4.52. The summed E-state index contributed by atoms with van der Waals surface area (Å²) in [6.07, 6.45) is 2.77. The van der Waals surface area contributed by atoms with E-state index in [0.717, 1.165) is 5.56 Å². The van der Waals surface area contributed by atoms with Crippen LogP contribution in [-0.2, 0) is 16.1 Å². The Kier molecular flexibility index (Phi) is 10.5. The van der Waals surface area contributed by atoms with Gasteiger partial charge < -0.3 is 20.5 Å². The number of H-pyrrole nitrogens is 1. The van der Waals surface area contributed by atoms with E-state index in [4.69, 9.17) is 10.1 Å². The van der Waals surface area contributed by atoms with Gasteiger partial charge in [-0.25, -0.2) is 14.1 Å². The largest absolute Gasteiger partial charge is 0.348 e. The third kappa shape index (κ3) is 7.47. The van der Waals surface area contributed by atoms with E-state index >= 15 is 0 Å². The Morgan fingerprint density at radius 1 is 1.04 bits per heavy atom. The van der Waals surface area contributed by atoms with Gasteiger partial charge in [0.2, 0.25) is 11.8 Å². The number of aromatic amines is 1. The maximum Gasteiger partial charge on any atom is 0.270 e. The zero-order valence-electron chi connectivity index (χ0n) is 26.1. The number of carbonyl (C=O) groups excluding carboxylic acids is 3. The molecular formula is C33H38FN7O4S. The molecule has 2 aromatic carbocycles. The number of fused-ring (bicyclic) bond motifs is 2. The van der Waals surface area contributed by atoms with Crippen LogP contribution in [0.5, 0.6) is 0 Å². The molecule has 0 aliphatic carbocycles. The van der Waals surface area contributed by atoms with Crippen LogP contribution in [0.1, 0.15) is 55.5 Å². The monoisotopic (exact) mass is 647 g/mol. The van der Waals surface area contributed by atoms with Crippen molar-refractivity contribution in [3.05, 3.63) is 82.2 Å². The first-order chi connectivity index (χ1) is 22.2. The highest BCUT2D eigenvalue weighted by Gasteiger charge is 2.30. The van der Waals surface area contributed by atoms with Gasteiger partial charge in [0.1, 0.15) is 17.6 Å². The molecule has 2 aromatic heterocycles. The van der Waals surface area contributed by atoms with Crippen LogP contribution in [0.2, 0.25) is 0 Å². The van der Waals surface area contributed by atoms with E-state index in [-0.39, 0.29) is 60.4 Å². The highest BCUT2D eigenvalue weighted by atomic mass is 32.2. The zero-order chi connectivity index (χ0) is 32.8. The summed E-state index contributed by atoms with van der Waals surface area (Å²) in [6.45, 7) is 4.48. The molecule has 2 atom stereocenters. The standard InChI is InChI=1S/C33H38FN7O4S/c1-20(2)28-31-38-30(21-9-5-4-6-10-21)39-41(31)17-16-40(15-8-13-27(43)35-24(14-18-46-3)32(44)37-28)33(45)25-19-26(42)22-11-7-12-23(34)29(22)36-25/h4-7,9-12,19-20,24,28H,8,13-18H2,1-3H3,(H,35,43)(H,36,42)(H,37,44)/t24-,28+/m0/s1. The second-order valence-electron chi connectivity index (χ2n) is 11.6. The van der Waals surface area contributed by atoms with E-state index in [1.165, 1.54) is 29.2 Å². The molecule has 5 rings (SSSR count). The average Bonchev–Trinajstić information content (AvgIpc) is 3.47. The Bertz CT molecular complexity index is 1770. The SMILES string of the molecule is CSCC[C@@H]1NC(=O)CCCN(C(=O)c2cc(=O)c3cccc(F)c3[nH]2)CCn2nc(-c3ccccc3)nc2[C@@H](C(C)C)NC1=O. The van der Waals surface area contributed by atoms with Gasteiger partial charge >= 0.3 is 0 Å². The first kappa shape index (κ1) is 32.9. The molecule has 13 heteroatoms. The molecule has 0 saturated carbocycles. The van der Waals surface area contributed by atoms with Gasteiger partial charge in [-0.3, -0.25) is 19.2 Å². The van der Waals surface area contributed by atoms with E-state index in [1.807, 2.05) is 50.4 Å². The molecule has 0 fully saturated rings. The smallest absolute Gasteiger partial charge is 0.270 e. The van der Waals surface area contributed by atoms with Crippen LogP contribution in [0.3, 0.4) is 0 Å². The van der Waals surface area contributed by atoms with Gasteiger partial charge in [-0.1, -0.05) is 50.2 Å². The molecule has 0 unspecified atom stereocenters. The summed E-state index contributed by atoms with van der Waals surface area (Å²) in [5.41, 5.74) is 0.220. The number of aromatic nitrogens is 4. The molecule has 242 valence electrons. The lowest BCUT2D eigenvalue weighted by atomic mass is 10.0. The lowest BCUT2D eigenvalue weighted by Gasteiger charge is -2.28. The normalized spacial score (nSPS) is 18.2. The molecule has 0 bridgehead atoms. The van der Waals surface area contributed by atoms with Crippen molar-refractivity contribution in [2.75, 3.05) is 25.1 Å². The number of amides is 3. The highest BCUT2D eigenvalue weighted by molar-refractivity contribution is 7.98. The lowest BCUT2D eigenvalue weighted by Crippen LogP contribution is -2.49. The van der Waals surface area contributed by atoms with Crippen molar-refractivity contribution < 1.29 is 18.8 Å². The quantitative estimate of drug-likeness (QED) is 0.288. The first-order valence-corrected chi connectivity index (χ1v) is 16.7.